The molecule has 1 aliphatic heterocycles. The average molecular weight is 283 g/mol. The fraction of sp³-hybridized carbons (Fsp3) is 0.938. The molecular weight excluding hydrogens is 250 g/mol. The first-order valence-corrected chi connectivity index (χ1v) is 8.28. The van der Waals surface area contributed by atoms with Crippen LogP contribution in [0, 0.1) is 5.41 Å². The third kappa shape index (κ3) is 4.45. The van der Waals surface area contributed by atoms with Crippen LogP contribution < -0.4 is 11.1 Å². The van der Waals surface area contributed by atoms with Gasteiger partial charge < -0.3 is 16.0 Å². The van der Waals surface area contributed by atoms with Gasteiger partial charge in [-0.15, -0.1) is 0 Å². The van der Waals surface area contributed by atoms with Crippen LogP contribution in [0.3, 0.4) is 0 Å². The van der Waals surface area contributed by atoms with Crippen molar-refractivity contribution in [1.29, 1.82) is 0 Å². The van der Waals surface area contributed by atoms with Gasteiger partial charge in [-0.1, -0.05) is 33.1 Å². The summed E-state index contributed by atoms with van der Waals surface area (Å²) in [4.78, 5) is 15.0. The van der Waals surface area contributed by atoms with Crippen molar-refractivity contribution in [2.75, 3.05) is 26.7 Å². The highest BCUT2D eigenvalue weighted by Crippen LogP contribution is 2.29. The van der Waals surface area contributed by atoms with E-state index in [0.717, 1.165) is 38.8 Å². The van der Waals surface area contributed by atoms with Gasteiger partial charge in [-0.2, -0.15) is 0 Å². The number of nitrogens with two attached hydrogens (primary N) is 1. The number of likely N-dealkylation sites (N-methyl/N-ethyl adjacent to an activating group) is 1. The van der Waals surface area contributed by atoms with Crippen molar-refractivity contribution in [3.63, 3.8) is 0 Å². The van der Waals surface area contributed by atoms with Crippen LogP contribution in [0.4, 0.5) is 0 Å². The summed E-state index contributed by atoms with van der Waals surface area (Å²) in [5.41, 5.74) is 5.60. The van der Waals surface area contributed by atoms with E-state index in [2.05, 4.69) is 31.1 Å². The normalized spacial score (nSPS) is 20.9. The molecule has 1 unspecified atom stereocenters. The van der Waals surface area contributed by atoms with Crippen LogP contribution in [-0.2, 0) is 4.79 Å². The van der Waals surface area contributed by atoms with Crippen LogP contribution in [-0.4, -0.2) is 43.5 Å². The van der Waals surface area contributed by atoms with Gasteiger partial charge in [0.2, 0.25) is 5.91 Å². The molecule has 0 aliphatic carbocycles. The maximum atomic E-state index is 12.6. The van der Waals surface area contributed by atoms with Crippen LogP contribution in [0.25, 0.3) is 0 Å². The number of nitrogens with zero attached hydrogens (tertiary/aromatic N) is 1. The van der Waals surface area contributed by atoms with Gasteiger partial charge in [0.15, 0.2) is 0 Å². The quantitative estimate of drug-likeness (QED) is 0.717. The Bertz CT molecular complexity index is 287. The Labute approximate surface area is 124 Å². The summed E-state index contributed by atoms with van der Waals surface area (Å²) < 4.78 is 0. The number of nitrogens with one attached hydrogen (secondary N) is 1. The number of likely N-dealkylation sites (tertiary alicyclic amines) is 1. The Hall–Kier alpha value is -0.610. The van der Waals surface area contributed by atoms with Crippen molar-refractivity contribution in [1.82, 2.24) is 10.2 Å². The lowest BCUT2D eigenvalue weighted by atomic mass is 9.78. The zero-order valence-corrected chi connectivity index (χ0v) is 13.6. The Morgan fingerprint density at radius 3 is 2.45 bits per heavy atom. The molecule has 0 aromatic heterocycles. The van der Waals surface area contributed by atoms with Crippen LogP contribution in [0.5, 0.6) is 0 Å². The van der Waals surface area contributed by atoms with Crippen molar-refractivity contribution in [2.45, 2.75) is 64.8 Å². The number of hydrogen-bond donors (Lipinski definition) is 2. The molecular formula is C16H33N3O. The summed E-state index contributed by atoms with van der Waals surface area (Å²) in [5, 5.41) is 3.18. The topological polar surface area (TPSA) is 58.4 Å². The predicted molar refractivity (Wildman–Crippen MR) is 84.6 cm³/mol. The minimum absolute atomic E-state index is 0.169. The largest absolute Gasteiger partial charge is 0.354 e. The number of carbonyl (C=O) groups is 1. The number of carbonyl (C=O) groups excluding carboxylic acids is 1. The molecule has 1 amide bonds. The van der Waals surface area contributed by atoms with Gasteiger partial charge >= 0.3 is 0 Å². The van der Waals surface area contributed by atoms with Crippen molar-refractivity contribution in [2.24, 2.45) is 11.1 Å². The van der Waals surface area contributed by atoms with Crippen LogP contribution in [0.15, 0.2) is 0 Å². The Morgan fingerprint density at radius 2 is 1.95 bits per heavy atom. The summed E-state index contributed by atoms with van der Waals surface area (Å²) in [5.74, 6) is 0.169. The molecule has 0 bridgehead atoms. The predicted octanol–water partition coefficient (Wildman–Crippen LogP) is 2.13. The van der Waals surface area contributed by atoms with Crippen LogP contribution in [0.2, 0.25) is 0 Å². The van der Waals surface area contributed by atoms with E-state index in [9.17, 15) is 4.79 Å². The number of piperidine rings is 1. The highest BCUT2D eigenvalue weighted by atomic mass is 16.2. The van der Waals surface area contributed by atoms with E-state index >= 15 is 0 Å². The summed E-state index contributed by atoms with van der Waals surface area (Å²) >= 11 is 0. The maximum absolute atomic E-state index is 12.6. The molecule has 0 spiro atoms. The Morgan fingerprint density at radius 1 is 1.30 bits per heavy atom. The lowest BCUT2D eigenvalue weighted by Crippen LogP contribution is -2.50. The first-order chi connectivity index (χ1) is 9.59. The molecule has 1 heterocycles. The van der Waals surface area contributed by atoms with Crippen LogP contribution >= 0.6 is 0 Å². The summed E-state index contributed by atoms with van der Waals surface area (Å²) in [6, 6.07) is 0.492. The molecule has 0 radical (unpaired) electrons. The second-order valence-electron chi connectivity index (χ2n) is 6.32. The van der Waals surface area contributed by atoms with Gasteiger partial charge in [-0.25, -0.2) is 0 Å². The molecule has 118 valence electrons. The van der Waals surface area contributed by atoms with Gasteiger partial charge in [0.1, 0.15) is 0 Å². The van der Waals surface area contributed by atoms with Gasteiger partial charge in [0.25, 0.3) is 0 Å². The Balaban J connectivity index is 2.56. The molecule has 1 saturated heterocycles. The number of hydrogen-bond acceptors (Lipinski definition) is 3. The fourth-order valence-corrected chi connectivity index (χ4v) is 3.41. The zero-order valence-electron chi connectivity index (χ0n) is 13.6. The first kappa shape index (κ1) is 17.4. The van der Waals surface area contributed by atoms with Crippen molar-refractivity contribution in [3.8, 4) is 0 Å². The molecule has 1 rings (SSSR count). The molecule has 0 aromatic rings. The van der Waals surface area contributed by atoms with E-state index in [0.29, 0.717) is 12.6 Å². The molecule has 0 aromatic carbocycles. The van der Waals surface area contributed by atoms with E-state index in [-0.39, 0.29) is 11.3 Å². The second-order valence-corrected chi connectivity index (χ2v) is 6.32. The first-order valence-electron chi connectivity index (χ1n) is 8.28. The highest BCUT2D eigenvalue weighted by molar-refractivity contribution is 5.82. The van der Waals surface area contributed by atoms with E-state index in [4.69, 9.17) is 5.73 Å². The lowest BCUT2D eigenvalue weighted by molar-refractivity contribution is -0.131. The van der Waals surface area contributed by atoms with E-state index in [1.54, 1.807) is 0 Å². The molecule has 1 aliphatic rings. The number of rotatable bonds is 8. The minimum Gasteiger partial charge on any atom is -0.354 e. The monoisotopic (exact) mass is 283 g/mol. The average Bonchev–Trinajstić information content (AvgIpc) is 2.45. The van der Waals surface area contributed by atoms with E-state index < -0.39 is 0 Å². The van der Waals surface area contributed by atoms with Gasteiger partial charge in [-0.05, 0) is 39.3 Å². The molecule has 1 atom stereocenters. The third-order valence-electron chi connectivity index (χ3n) is 4.75. The maximum Gasteiger partial charge on any atom is 0.227 e. The van der Waals surface area contributed by atoms with E-state index in [1.807, 2.05) is 0 Å². The summed E-state index contributed by atoms with van der Waals surface area (Å²) in [6.07, 6.45) is 7.54. The zero-order chi connectivity index (χ0) is 15.0. The van der Waals surface area contributed by atoms with Gasteiger partial charge in [-0.3, -0.25) is 4.79 Å². The molecule has 4 heteroatoms. The van der Waals surface area contributed by atoms with Crippen molar-refractivity contribution in [3.05, 3.63) is 0 Å². The van der Waals surface area contributed by atoms with Crippen molar-refractivity contribution >= 4 is 5.91 Å². The van der Waals surface area contributed by atoms with Crippen LogP contribution in [0.1, 0.15) is 58.8 Å². The molecule has 0 saturated carbocycles. The summed E-state index contributed by atoms with van der Waals surface area (Å²) in [7, 11) is 2.16. The SMILES string of the molecule is CCCC(CN)(CCC)C(=O)NCC1CCCCN1C. The molecule has 20 heavy (non-hydrogen) atoms. The minimum atomic E-state index is -0.350. The lowest BCUT2D eigenvalue weighted by Gasteiger charge is -2.35. The molecule has 1 fully saturated rings. The fourth-order valence-electron chi connectivity index (χ4n) is 3.41. The second kappa shape index (κ2) is 8.63. The molecule has 4 nitrogen and oxygen atoms in total. The molecule has 3 N–H and O–H groups in total. The van der Waals surface area contributed by atoms with Crippen molar-refractivity contribution < 1.29 is 4.79 Å². The Kier molecular flexibility index (Phi) is 7.52. The van der Waals surface area contributed by atoms with Gasteiger partial charge in [0, 0.05) is 19.1 Å². The highest BCUT2D eigenvalue weighted by Gasteiger charge is 2.35. The smallest absolute Gasteiger partial charge is 0.227 e. The number of amides is 1. The summed E-state index contributed by atoms with van der Waals surface area (Å²) in [6.45, 7) is 6.63. The third-order valence-corrected chi connectivity index (χ3v) is 4.75. The van der Waals surface area contributed by atoms with E-state index in [1.165, 1.54) is 19.3 Å². The van der Waals surface area contributed by atoms with Gasteiger partial charge in [0.05, 0.1) is 5.41 Å². The standard InChI is InChI=1S/C16H33N3O/c1-4-9-16(13-17,10-5-2)15(20)18-12-14-8-6-7-11-19(14)3/h14H,4-13,17H2,1-3H3,(H,18,20).